The SMILES string of the molecule is CC(C)CSCCOc1ccc(N)cc1. The molecule has 0 bridgehead atoms. The molecule has 0 atom stereocenters. The summed E-state index contributed by atoms with van der Waals surface area (Å²) in [6.45, 7) is 5.23. The molecule has 0 amide bonds. The van der Waals surface area contributed by atoms with Crippen LogP contribution in [-0.2, 0) is 0 Å². The van der Waals surface area contributed by atoms with E-state index in [2.05, 4.69) is 13.8 Å². The molecule has 1 rings (SSSR count). The van der Waals surface area contributed by atoms with Gasteiger partial charge in [0.15, 0.2) is 0 Å². The fraction of sp³-hybridized carbons (Fsp3) is 0.500. The molecular formula is C12H19NOS. The van der Waals surface area contributed by atoms with Crippen LogP contribution in [0.4, 0.5) is 5.69 Å². The number of ether oxygens (including phenoxy) is 1. The monoisotopic (exact) mass is 225 g/mol. The number of rotatable bonds is 6. The van der Waals surface area contributed by atoms with Crippen LogP contribution in [-0.4, -0.2) is 18.1 Å². The van der Waals surface area contributed by atoms with Gasteiger partial charge in [-0.25, -0.2) is 0 Å². The first kappa shape index (κ1) is 12.2. The molecule has 0 heterocycles. The Hall–Kier alpha value is -0.830. The normalized spacial score (nSPS) is 10.6. The molecule has 0 saturated carbocycles. The minimum atomic E-state index is 0.756. The van der Waals surface area contributed by atoms with Gasteiger partial charge >= 0.3 is 0 Å². The van der Waals surface area contributed by atoms with E-state index >= 15 is 0 Å². The Kier molecular flexibility index (Phi) is 5.40. The van der Waals surface area contributed by atoms with Crippen LogP contribution in [0.3, 0.4) is 0 Å². The number of benzene rings is 1. The van der Waals surface area contributed by atoms with E-state index in [9.17, 15) is 0 Å². The molecule has 0 radical (unpaired) electrons. The number of hydrogen-bond acceptors (Lipinski definition) is 3. The maximum atomic E-state index is 5.58. The van der Waals surface area contributed by atoms with Gasteiger partial charge in [0, 0.05) is 11.4 Å². The lowest BCUT2D eigenvalue weighted by molar-refractivity contribution is 0.344. The predicted molar refractivity (Wildman–Crippen MR) is 68.5 cm³/mol. The van der Waals surface area contributed by atoms with E-state index in [1.165, 1.54) is 5.75 Å². The van der Waals surface area contributed by atoms with Crippen molar-refractivity contribution in [1.82, 2.24) is 0 Å². The van der Waals surface area contributed by atoms with E-state index in [1.807, 2.05) is 36.0 Å². The molecule has 0 aliphatic heterocycles. The zero-order valence-corrected chi connectivity index (χ0v) is 10.2. The van der Waals surface area contributed by atoms with Crippen molar-refractivity contribution in [3.05, 3.63) is 24.3 Å². The van der Waals surface area contributed by atoms with Crippen LogP contribution in [0, 0.1) is 5.92 Å². The summed E-state index contributed by atoms with van der Waals surface area (Å²) in [4.78, 5) is 0. The smallest absolute Gasteiger partial charge is 0.119 e. The lowest BCUT2D eigenvalue weighted by Gasteiger charge is -2.07. The van der Waals surface area contributed by atoms with E-state index in [1.54, 1.807) is 0 Å². The highest BCUT2D eigenvalue weighted by atomic mass is 32.2. The highest BCUT2D eigenvalue weighted by molar-refractivity contribution is 7.99. The Morgan fingerprint density at radius 3 is 2.53 bits per heavy atom. The molecule has 0 spiro atoms. The molecular weight excluding hydrogens is 206 g/mol. The first-order valence-corrected chi connectivity index (χ1v) is 6.40. The summed E-state index contributed by atoms with van der Waals surface area (Å²) >= 11 is 1.93. The minimum Gasteiger partial charge on any atom is -0.493 e. The van der Waals surface area contributed by atoms with E-state index in [0.717, 1.165) is 29.7 Å². The van der Waals surface area contributed by atoms with Crippen molar-refractivity contribution in [2.45, 2.75) is 13.8 Å². The van der Waals surface area contributed by atoms with Crippen LogP contribution in [0.25, 0.3) is 0 Å². The molecule has 84 valence electrons. The van der Waals surface area contributed by atoms with Gasteiger partial charge in [-0.3, -0.25) is 0 Å². The topological polar surface area (TPSA) is 35.2 Å². The van der Waals surface area contributed by atoms with Crippen molar-refractivity contribution in [2.75, 3.05) is 23.8 Å². The van der Waals surface area contributed by atoms with Crippen LogP contribution in [0.15, 0.2) is 24.3 Å². The van der Waals surface area contributed by atoms with Crippen molar-refractivity contribution in [3.63, 3.8) is 0 Å². The van der Waals surface area contributed by atoms with Crippen LogP contribution in [0.5, 0.6) is 5.75 Å². The van der Waals surface area contributed by atoms with E-state index in [4.69, 9.17) is 10.5 Å². The van der Waals surface area contributed by atoms with Crippen molar-refractivity contribution in [1.29, 1.82) is 0 Å². The zero-order chi connectivity index (χ0) is 11.1. The second kappa shape index (κ2) is 6.62. The summed E-state index contributed by atoms with van der Waals surface area (Å²) in [5, 5.41) is 0. The number of thioether (sulfide) groups is 1. The zero-order valence-electron chi connectivity index (χ0n) is 9.40. The third-order valence-corrected chi connectivity index (χ3v) is 3.19. The lowest BCUT2D eigenvalue weighted by atomic mass is 10.3. The molecule has 0 saturated heterocycles. The van der Waals surface area contributed by atoms with Gasteiger partial charge in [-0.15, -0.1) is 0 Å². The summed E-state index contributed by atoms with van der Waals surface area (Å²) in [5.41, 5.74) is 6.35. The van der Waals surface area contributed by atoms with Gasteiger partial charge in [-0.05, 0) is 35.9 Å². The van der Waals surface area contributed by atoms with Crippen LogP contribution in [0.1, 0.15) is 13.8 Å². The first-order valence-electron chi connectivity index (χ1n) is 5.24. The standard InChI is InChI=1S/C12H19NOS/c1-10(2)9-15-8-7-14-12-5-3-11(13)4-6-12/h3-6,10H,7-9,13H2,1-2H3. The van der Waals surface area contributed by atoms with Crippen molar-refractivity contribution in [3.8, 4) is 5.75 Å². The van der Waals surface area contributed by atoms with Gasteiger partial charge in [0.05, 0.1) is 6.61 Å². The molecule has 2 nitrogen and oxygen atoms in total. The third kappa shape index (κ3) is 5.57. The minimum absolute atomic E-state index is 0.756. The second-order valence-electron chi connectivity index (χ2n) is 3.89. The number of hydrogen-bond donors (Lipinski definition) is 1. The summed E-state index contributed by atoms with van der Waals surface area (Å²) in [7, 11) is 0. The van der Waals surface area contributed by atoms with Gasteiger partial charge in [-0.1, -0.05) is 13.8 Å². The Balaban J connectivity index is 2.12. The average Bonchev–Trinajstić information content (AvgIpc) is 2.20. The van der Waals surface area contributed by atoms with E-state index in [-0.39, 0.29) is 0 Å². The maximum Gasteiger partial charge on any atom is 0.119 e. The molecule has 3 heteroatoms. The number of anilines is 1. The molecule has 1 aromatic carbocycles. The van der Waals surface area contributed by atoms with Crippen LogP contribution in [0.2, 0.25) is 0 Å². The van der Waals surface area contributed by atoms with Crippen molar-refractivity contribution >= 4 is 17.4 Å². The Morgan fingerprint density at radius 1 is 1.27 bits per heavy atom. The number of nitrogens with two attached hydrogens (primary N) is 1. The first-order chi connectivity index (χ1) is 7.18. The van der Waals surface area contributed by atoms with Gasteiger partial charge in [-0.2, -0.15) is 11.8 Å². The molecule has 0 fully saturated rings. The van der Waals surface area contributed by atoms with Crippen LogP contribution < -0.4 is 10.5 Å². The Morgan fingerprint density at radius 2 is 1.93 bits per heavy atom. The van der Waals surface area contributed by atoms with Crippen molar-refractivity contribution in [2.24, 2.45) is 5.92 Å². The fourth-order valence-corrected chi connectivity index (χ4v) is 1.94. The molecule has 2 N–H and O–H groups in total. The summed E-state index contributed by atoms with van der Waals surface area (Å²) in [5.74, 6) is 3.90. The van der Waals surface area contributed by atoms with Gasteiger partial charge < -0.3 is 10.5 Å². The molecule has 1 aromatic rings. The highest BCUT2D eigenvalue weighted by Crippen LogP contribution is 2.14. The van der Waals surface area contributed by atoms with E-state index in [0.29, 0.717) is 0 Å². The predicted octanol–water partition coefficient (Wildman–Crippen LogP) is 3.04. The molecule has 0 aliphatic carbocycles. The van der Waals surface area contributed by atoms with Gasteiger partial charge in [0.1, 0.15) is 5.75 Å². The van der Waals surface area contributed by atoms with Gasteiger partial charge in [0.25, 0.3) is 0 Å². The van der Waals surface area contributed by atoms with E-state index < -0.39 is 0 Å². The van der Waals surface area contributed by atoms with Gasteiger partial charge in [0.2, 0.25) is 0 Å². The van der Waals surface area contributed by atoms with Crippen LogP contribution >= 0.6 is 11.8 Å². The lowest BCUT2D eigenvalue weighted by Crippen LogP contribution is -2.02. The highest BCUT2D eigenvalue weighted by Gasteiger charge is 1.96. The Bertz CT molecular complexity index is 271. The second-order valence-corrected chi connectivity index (χ2v) is 5.04. The number of nitrogen functional groups attached to an aromatic ring is 1. The molecule has 0 unspecified atom stereocenters. The fourth-order valence-electron chi connectivity index (χ4n) is 1.10. The summed E-state index contributed by atoms with van der Waals surface area (Å²) < 4.78 is 5.57. The summed E-state index contributed by atoms with van der Waals surface area (Å²) in [6.07, 6.45) is 0. The van der Waals surface area contributed by atoms with Crippen molar-refractivity contribution < 1.29 is 4.74 Å². The molecule has 0 aromatic heterocycles. The molecule has 15 heavy (non-hydrogen) atoms. The quantitative estimate of drug-likeness (QED) is 0.597. The average molecular weight is 225 g/mol. The third-order valence-electron chi connectivity index (χ3n) is 1.83. The maximum absolute atomic E-state index is 5.58. The molecule has 0 aliphatic rings. The summed E-state index contributed by atoms with van der Waals surface area (Å²) in [6, 6.07) is 7.53. The Labute approximate surface area is 96.2 Å². The largest absolute Gasteiger partial charge is 0.493 e.